The van der Waals surface area contributed by atoms with Crippen LogP contribution >= 0.6 is 0 Å². The molecule has 28 heavy (non-hydrogen) atoms. The Hall–Kier alpha value is -3.03. The lowest BCUT2D eigenvalue weighted by Crippen LogP contribution is -2.38. The van der Waals surface area contributed by atoms with Crippen LogP contribution in [0.3, 0.4) is 0 Å². The van der Waals surface area contributed by atoms with E-state index in [2.05, 4.69) is 5.32 Å². The van der Waals surface area contributed by atoms with Crippen LogP contribution in [0.15, 0.2) is 36.5 Å². The van der Waals surface area contributed by atoms with Crippen molar-refractivity contribution in [2.75, 3.05) is 29.4 Å². The van der Waals surface area contributed by atoms with Gasteiger partial charge in [-0.05, 0) is 51.1 Å². The summed E-state index contributed by atoms with van der Waals surface area (Å²) in [6, 6.07) is 7.47. The van der Waals surface area contributed by atoms with E-state index in [-0.39, 0.29) is 12.3 Å². The van der Waals surface area contributed by atoms with Gasteiger partial charge in [0.2, 0.25) is 0 Å². The van der Waals surface area contributed by atoms with Gasteiger partial charge in [-0.25, -0.2) is 9.59 Å². The Morgan fingerprint density at radius 3 is 2.50 bits per heavy atom. The van der Waals surface area contributed by atoms with Gasteiger partial charge in [0.15, 0.2) is 5.78 Å². The fourth-order valence-electron chi connectivity index (χ4n) is 2.95. The molecular weight excluding hydrogens is 362 g/mol. The molecule has 1 atom stereocenters. The lowest BCUT2D eigenvalue weighted by Gasteiger charge is -2.23. The van der Waals surface area contributed by atoms with Crippen LogP contribution < -0.4 is 15.1 Å². The fourth-order valence-corrected chi connectivity index (χ4v) is 2.95. The molecular formula is C20H25N3O5. The minimum atomic E-state index is -0.582. The molecule has 0 spiro atoms. The zero-order chi connectivity index (χ0) is 20.3. The number of benzene rings is 1. The van der Waals surface area contributed by atoms with E-state index in [0.29, 0.717) is 25.2 Å². The summed E-state index contributed by atoms with van der Waals surface area (Å²) in [4.78, 5) is 38.7. The number of anilines is 2. The van der Waals surface area contributed by atoms with Crippen LogP contribution in [0.5, 0.6) is 0 Å². The number of nitrogens with one attached hydrogen (secondary N) is 1. The van der Waals surface area contributed by atoms with Gasteiger partial charge in [0.05, 0.1) is 13.1 Å². The van der Waals surface area contributed by atoms with Crippen molar-refractivity contribution in [2.45, 2.75) is 38.9 Å². The lowest BCUT2D eigenvalue weighted by atomic mass is 10.1. The molecule has 1 N–H and O–H groups in total. The predicted octanol–water partition coefficient (Wildman–Crippen LogP) is 2.83. The Kier molecular flexibility index (Phi) is 5.58. The number of allylic oxidation sites excluding steroid dienone is 1. The van der Waals surface area contributed by atoms with Crippen molar-refractivity contribution in [3.05, 3.63) is 36.5 Å². The number of hydrogen-bond acceptors (Lipinski definition) is 6. The number of amides is 2. The molecule has 0 aromatic heterocycles. The average molecular weight is 387 g/mol. The Morgan fingerprint density at radius 2 is 1.89 bits per heavy atom. The second kappa shape index (κ2) is 7.92. The predicted molar refractivity (Wildman–Crippen MR) is 104 cm³/mol. The number of ether oxygens (including phenoxy) is 2. The standard InChI is InChI=1S/C20H25N3O5/c1-20(2,3)28-18(25)21-12-17-13-23(19(26)27-17)15-6-4-14(5-7-15)22-10-8-16(24)9-11-22/h4-8,10,17H,9,11-13H2,1-3H3,(H,21,25). The van der Waals surface area contributed by atoms with Crippen molar-refractivity contribution in [3.63, 3.8) is 0 Å². The van der Waals surface area contributed by atoms with Crippen LogP contribution in [0.2, 0.25) is 0 Å². The fraction of sp³-hybridized carbons (Fsp3) is 0.450. The molecule has 150 valence electrons. The third-order valence-corrected chi connectivity index (χ3v) is 4.28. The van der Waals surface area contributed by atoms with Crippen LogP contribution in [-0.2, 0) is 14.3 Å². The number of nitrogens with zero attached hydrogens (tertiary/aromatic N) is 2. The van der Waals surface area contributed by atoms with Gasteiger partial charge in [0, 0.05) is 30.5 Å². The zero-order valence-corrected chi connectivity index (χ0v) is 16.3. The van der Waals surface area contributed by atoms with E-state index in [4.69, 9.17) is 9.47 Å². The molecule has 3 rings (SSSR count). The summed E-state index contributed by atoms with van der Waals surface area (Å²) in [5.41, 5.74) is 1.08. The smallest absolute Gasteiger partial charge is 0.414 e. The highest BCUT2D eigenvalue weighted by molar-refractivity contribution is 5.92. The van der Waals surface area contributed by atoms with Crippen LogP contribution in [0.25, 0.3) is 0 Å². The first-order chi connectivity index (χ1) is 13.2. The van der Waals surface area contributed by atoms with Crippen LogP contribution in [0.4, 0.5) is 21.0 Å². The molecule has 2 aliphatic rings. The van der Waals surface area contributed by atoms with Gasteiger partial charge in [0.25, 0.3) is 0 Å². The molecule has 8 heteroatoms. The third kappa shape index (κ3) is 5.03. The van der Waals surface area contributed by atoms with Gasteiger partial charge in [-0.2, -0.15) is 0 Å². The summed E-state index contributed by atoms with van der Waals surface area (Å²) >= 11 is 0. The minimum Gasteiger partial charge on any atom is -0.444 e. The molecule has 0 radical (unpaired) electrons. The maximum atomic E-state index is 12.2. The van der Waals surface area contributed by atoms with Gasteiger partial charge < -0.3 is 19.7 Å². The highest BCUT2D eigenvalue weighted by atomic mass is 16.6. The first-order valence-corrected chi connectivity index (χ1v) is 9.24. The molecule has 0 bridgehead atoms. The van der Waals surface area contributed by atoms with Gasteiger partial charge in [-0.1, -0.05) is 0 Å². The van der Waals surface area contributed by atoms with Gasteiger partial charge >= 0.3 is 12.2 Å². The van der Waals surface area contributed by atoms with Crippen molar-refractivity contribution in [1.29, 1.82) is 0 Å². The average Bonchev–Trinajstić information content (AvgIpc) is 3.00. The minimum absolute atomic E-state index is 0.124. The maximum Gasteiger partial charge on any atom is 0.414 e. The summed E-state index contributed by atoms with van der Waals surface area (Å²) in [7, 11) is 0. The lowest BCUT2D eigenvalue weighted by molar-refractivity contribution is -0.114. The molecule has 8 nitrogen and oxygen atoms in total. The molecule has 1 aromatic carbocycles. The Bertz CT molecular complexity index is 782. The molecule has 2 amide bonds. The molecule has 0 saturated carbocycles. The normalized spacial score (nSPS) is 19.6. The topological polar surface area (TPSA) is 88.2 Å². The Balaban J connectivity index is 1.56. The summed E-state index contributed by atoms with van der Waals surface area (Å²) in [5.74, 6) is 0.124. The number of alkyl carbamates (subject to hydrolysis) is 1. The van der Waals surface area contributed by atoms with Crippen molar-refractivity contribution in [3.8, 4) is 0 Å². The van der Waals surface area contributed by atoms with E-state index in [1.165, 1.54) is 4.90 Å². The monoisotopic (exact) mass is 387 g/mol. The van der Waals surface area contributed by atoms with Crippen molar-refractivity contribution >= 4 is 29.3 Å². The third-order valence-electron chi connectivity index (χ3n) is 4.28. The number of ketones is 1. The summed E-state index contributed by atoms with van der Waals surface area (Å²) < 4.78 is 10.5. The van der Waals surface area contributed by atoms with E-state index in [0.717, 1.165) is 5.69 Å². The summed E-state index contributed by atoms with van der Waals surface area (Å²) in [6.07, 6.45) is 2.38. The largest absolute Gasteiger partial charge is 0.444 e. The van der Waals surface area contributed by atoms with E-state index in [1.807, 2.05) is 29.2 Å². The molecule has 0 aliphatic carbocycles. The van der Waals surface area contributed by atoms with Crippen LogP contribution in [0.1, 0.15) is 27.2 Å². The second-order valence-corrected chi connectivity index (χ2v) is 7.74. The van der Waals surface area contributed by atoms with Crippen molar-refractivity contribution in [2.24, 2.45) is 0 Å². The van der Waals surface area contributed by atoms with Gasteiger partial charge in [-0.3, -0.25) is 9.69 Å². The molecule has 1 aromatic rings. The number of carbonyl (C=O) groups excluding carboxylic acids is 3. The Labute approximate surface area is 164 Å². The van der Waals surface area contributed by atoms with E-state index >= 15 is 0 Å². The number of hydrogen-bond donors (Lipinski definition) is 1. The zero-order valence-electron chi connectivity index (χ0n) is 16.3. The first-order valence-electron chi connectivity index (χ1n) is 9.24. The van der Waals surface area contributed by atoms with Gasteiger partial charge in [-0.15, -0.1) is 0 Å². The van der Waals surface area contributed by atoms with Gasteiger partial charge in [0.1, 0.15) is 11.7 Å². The molecule has 1 saturated heterocycles. The number of cyclic esters (lactones) is 1. The first kappa shape index (κ1) is 19.7. The molecule has 1 fully saturated rings. The summed E-state index contributed by atoms with van der Waals surface area (Å²) in [5, 5.41) is 2.62. The summed E-state index contributed by atoms with van der Waals surface area (Å²) in [6.45, 7) is 6.51. The number of rotatable bonds is 4. The number of carbonyl (C=O) groups is 3. The highest BCUT2D eigenvalue weighted by Crippen LogP contribution is 2.26. The van der Waals surface area contributed by atoms with E-state index in [9.17, 15) is 14.4 Å². The SMILES string of the molecule is CC(C)(C)OC(=O)NCC1CN(c2ccc(N3C=CC(=O)CC3)cc2)C(=O)O1. The van der Waals surface area contributed by atoms with Crippen molar-refractivity contribution < 1.29 is 23.9 Å². The second-order valence-electron chi connectivity index (χ2n) is 7.74. The molecule has 2 heterocycles. The quantitative estimate of drug-likeness (QED) is 0.855. The van der Waals surface area contributed by atoms with E-state index < -0.39 is 23.9 Å². The van der Waals surface area contributed by atoms with Crippen LogP contribution in [-0.4, -0.2) is 49.3 Å². The van der Waals surface area contributed by atoms with Crippen molar-refractivity contribution in [1.82, 2.24) is 5.32 Å². The Morgan fingerprint density at radius 1 is 1.21 bits per heavy atom. The maximum absolute atomic E-state index is 12.2. The van der Waals surface area contributed by atoms with Crippen LogP contribution in [0, 0.1) is 0 Å². The molecule has 2 aliphatic heterocycles. The molecule has 1 unspecified atom stereocenters. The highest BCUT2D eigenvalue weighted by Gasteiger charge is 2.33. The van der Waals surface area contributed by atoms with E-state index in [1.54, 1.807) is 33.0 Å².